The molecule has 0 fully saturated rings. The molecule has 1 N–H and O–H groups in total. The third kappa shape index (κ3) is 14.7. The molecule has 0 unspecified atom stereocenters. The minimum Gasteiger partial charge on any atom is -0.320 e. The van der Waals surface area contributed by atoms with Crippen molar-refractivity contribution in [3.8, 4) is 0 Å². The molecular formula is C32H48Cl2N2O. The molecule has 2 rings (SSSR count). The van der Waals surface area contributed by atoms with Gasteiger partial charge < -0.3 is 10.2 Å². The number of unbranched alkanes of at least 4 members (excludes halogenated alkanes) is 15. The van der Waals surface area contributed by atoms with Crippen LogP contribution in [0.15, 0.2) is 48.5 Å². The molecule has 2 amide bonds. The summed E-state index contributed by atoms with van der Waals surface area (Å²) in [4.78, 5) is 14.9. The standard InChI is InChI=1S/C32H48Cl2N2O/c1-2-3-4-5-6-7-8-9-10-11-12-13-14-15-16-20-25-36(27-28-21-18-17-19-22-28)32(37)35-29-23-24-30(33)31(34)26-29/h17-19,21-24,26H,2-16,20,25,27H2,1H3,(H,35,37). The summed E-state index contributed by atoms with van der Waals surface area (Å²) in [7, 11) is 0. The van der Waals surface area contributed by atoms with Crippen molar-refractivity contribution in [2.45, 2.75) is 116 Å². The molecule has 0 aromatic heterocycles. The molecule has 2 aromatic carbocycles. The van der Waals surface area contributed by atoms with E-state index in [4.69, 9.17) is 23.2 Å². The van der Waals surface area contributed by atoms with Crippen molar-refractivity contribution in [3.05, 3.63) is 64.1 Å². The molecule has 0 spiro atoms. The molecule has 3 nitrogen and oxygen atoms in total. The minimum atomic E-state index is -0.108. The molecule has 0 aliphatic carbocycles. The van der Waals surface area contributed by atoms with Gasteiger partial charge >= 0.3 is 6.03 Å². The second-order valence-corrected chi connectivity index (χ2v) is 11.1. The van der Waals surface area contributed by atoms with Crippen molar-refractivity contribution < 1.29 is 4.79 Å². The van der Waals surface area contributed by atoms with Gasteiger partial charge in [0.05, 0.1) is 10.0 Å². The normalized spacial score (nSPS) is 11.0. The minimum absolute atomic E-state index is 0.108. The number of carbonyl (C=O) groups is 1. The Bertz CT molecular complexity index is 859. The van der Waals surface area contributed by atoms with E-state index in [2.05, 4.69) is 24.4 Å². The first-order valence-electron chi connectivity index (χ1n) is 14.6. The predicted molar refractivity (Wildman–Crippen MR) is 162 cm³/mol. The third-order valence-electron chi connectivity index (χ3n) is 6.96. The Labute approximate surface area is 236 Å². The fourth-order valence-corrected chi connectivity index (χ4v) is 4.98. The summed E-state index contributed by atoms with van der Waals surface area (Å²) < 4.78 is 0. The number of hydrogen-bond acceptors (Lipinski definition) is 1. The average Bonchev–Trinajstić information content (AvgIpc) is 2.90. The monoisotopic (exact) mass is 546 g/mol. The van der Waals surface area contributed by atoms with Crippen LogP contribution in [-0.2, 0) is 6.54 Å². The summed E-state index contributed by atoms with van der Waals surface area (Å²) >= 11 is 12.1. The molecule has 37 heavy (non-hydrogen) atoms. The summed E-state index contributed by atoms with van der Waals surface area (Å²) in [6.07, 6.45) is 21.5. The lowest BCUT2D eigenvalue weighted by molar-refractivity contribution is 0.207. The number of hydrogen-bond donors (Lipinski definition) is 1. The van der Waals surface area contributed by atoms with Gasteiger partial charge in [-0.05, 0) is 30.2 Å². The van der Waals surface area contributed by atoms with Crippen LogP contribution in [-0.4, -0.2) is 17.5 Å². The lowest BCUT2D eigenvalue weighted by Gasteiger charge is -2.23. The Morgan fingerprint density at radius 1 is 0.676 bits per heavy atom. The van der Waals surface area contributed by atoms with Crippen LogP contribution >= 0.6 is 23.2 Å². The van der Waals surface area contributed by atoms with Gasteiger partial charge in [0.25, 0.3) is 0 Å². The Morgan fingerprint density at radius 2 is 1.19 bits per heavy atom. The Hall–Kier alpha value is -1.71. The number of amides is 2. The van der Waals surface area contributed by atoms with Crippen molar-refractivity contribution in [1.29, 1.82) is 0 Å². The van der Waals surface area contributed by atoms with Crippen LogP contribution in [0, 0.1) is 0 Å². The lowest BCUT2D eigenvalue weighted by Crippen LogP contribution is -2.35. The molecule has 0 aliphatic rings. The molecule has 5 heteroatoms. The van der Waals surface area contributed by atoms with E-state index in [0.717, 1.165) is 24.9 Å². The maximum atomic E-state index is 13.0. The molecule has 0 aliphatic heterocycles. The van der Waals surface area contributed by atoms with Gasteiger partial charge in [0.2, 0.25) is 0 Å². The average molecular weight is 548 g/mol. The van der Waals surface area contributed by atoms with E-state index in [1.165, 1.54) is 89.9 Å². The SMILES string of the molecule is CCCCCCCCCCCCCCCCCCN(Cc1ccccc1)C(=O)Nc1ccc(Cl)c(Cl)c1. The van der Waals surface area contributed by atoms with Gasteiger partial charge in [-0.15, -0.1) is 0 Å². The van der Waals surface area contributed by atoms with Gasteiger partial charge in [-0.3, -0.25) is 0 Å². The second kappa shape index (κ2) is 20.3. The van der Waals surface area contributed by atoms with E-state index in [1.807, 2.05) is 23.1 Å². The number of nitrogens with zero attached hydrogens (tertiary/aromatic N) is 1. The maximum Gasteiger partial charge on any atom is 0.322 e. The van der Waals surface area contributed by atoms with Crippen LogP contribution in [0.25, 0.3) is 0 Å². The number of rotatable bonds is 20. The van der Waals surface area contributed by atoms with Crippen molar-refractivity contribution in [2.24, 2.45) is 0 Å². The predicted octanol–water partition coefficient (Wildman–Crippen LogP) is 11.3. The van der Waals surface area contributed by atoms with Crippen LogP contribution in [0.3, 0.4) is 0 Å². The van der Waals surface area contributed by atoms with Crippen LogP contribution in [0.5, 0.6) is 0 Å². The zero-order chi connectivity index (χ0) is 26.6. The van der Waals surface area contributed by atoms with Crippen molar-refractivity contribution in [1.82, 2.24) is 4.90 Å². The molecule has 206 valence electrons. The number of nitrogens with one attached hydrogen (secondary N) is 1. The smallest absolute Gasteiger partial charge is 0.320 e. The molecule has 2 aromatic rings. The van der Waals surface area contributed by atoms with Gasteiger partial charge in [-0.2, -0.15) is 0 Å². The van der Waals surface area contributed by atoms with E-state index < -0.39 is 0 Å². The van der Waals surface area contributed by atoms with Crippen LogP contribution < -0.4 is 5.32 Å². The summed E-state index contributed by atoms with van der Waals surface area (Å²) in [6, 6.07) is 15.2. The van der Waals surface area contributed by atoms with Crippen LogP contribution in [0.1, 0.15) is 115 Å². The first kappa shape index (κ1) is 31.5. The highest BCUT2D eigenvalue weighted by Crippen LogP contribution is 2.25. The van der Waals surface area contributed by atoms with Crippen molar-refractivity contribution >= 4 is 34.9 Å². The van der Waals surface area contributed by atoms with Crippen LogP contribution in [0.4, 0.5) is 10.5 Å². The van der Waals surface area contributed by atoms with E-state index in [0.29, 0.717) is 22.3 Å². The van der Waals surface area contributed by atoms with Gasteiger partial charge in [0.15, 0.2) is 0 Å². The molecule has 0 heterocycles. The summed E-state index contributed by atoms with van der Waals surface area (Å²) in [6.45, 7) is 3.61. The summed E-state index contributed by atoms with van der Waals surface area (Å²) in [5.74, 6) is 0. The molecule has 0 saturated heterocycles. The largest absolute Gasteiger partial charge is 0.322 e. The number of urea groups is 1. The number of carbonyl (C=O) groups excluding carboxylic acids is 1. The first-order valence-corrected chi connectivity index (χ1v) is 15.4. The fraction of sp³-hybridized carbons (Fsp3) is 0.594. The zero-order valence-electron chi connectivity index (χ0n) is 23.0. The molecule has 0 atom stereocenters. The van der Waals surface area contributed by atoms with Gasteiger partial charge in [0.1, 0.15) is 0 Å². The molecule has 0 radical (unpaired) electrons. The molecule has 0 bridgehead atoms. The Morgan fingerprint density at radius 3 is 1.70 bits per heavy atom. The number of halogens is 2. The van der Waals surface area contributed by atoms with Gasteiger partial charge in [-0.1, -0.05) is 157 Å². The highest BCUT2D eigenvalue weighted by atomic mass is 35.5. The summed E-state index contributed by atoms with van der Waals surface area (Å²) in [5, 5.41) is 3.90. The lowest BCUT2D eigenvalue weighted by atomic mass is 10.0. The summed E-state index contributed by atoms with van der Waals surface area (Å²) in [5.41, 5.74) is 1.78. The quantitative estimate of drug-likeness (QED) is 0.164. The third-order valence-corrected chi connectivity index (χ3v) is 7.69. The van der Waals surface area contributed by atoms with Gasteiger partial charge in [-0.25, -0.2) is 4.79 Å². The molecule has 0 saturated carbocycles. The van der Waals surface area contributed by atoms with E-state index >= 15 is 0 Å². The Kier molecular flexibility index (Phi) is 17.3. The maximum absolute atomic E-state index is 13.0. The fourth-order valence-electron chi connectivity index (χ4n) is 4.68. The highest BCUT2D eigenvalue weighted by Gasteiger charge is 2.14. The number of benzene rings is 2. The van der Waals surface area contributed by atoms with E-state index in [-0.39, 0.29) is 6.03 Å². The zero-order valence-corrected chi connectivity index (χ0v) is 24.5. The second-order valence-electron chi connectivity index (χ2n) is 10.3. The first-order chi connectivity index (χ1) is 18.1. The highest BCUT2D eigenvalue weighted by molar-refractivity contribution is 6.42. The van der Waals surface area contributed by atoms with Crippen molar-refractivity contribution in [2.75, 3.05) is 11.9 Å². The molecular weight excluding hydrogens is 499 g/mol. The van der Waals surface area contributed by atoms with E-state index in [1.54, 1.807) is 18.2 Å². The van der Waals surface area contributed by atoms with Crippen LogP contribution in [0.2, 0.25) is 10.0 Å². The van der Waals surface area contributed by atoms with Crippen molar-refractivity contribution in [3.63, 3.8) is 0 Å². The van der Waals surface area contributed by atoms with E-state index in [9.17, 15) is 4.79 Å². The number of anilines is 1. The van der Waals surface area contributed by atoms with Gasteiger partial charge in [0, 0.05) is 18.8 Å². The Balaban J connectivity index is 1.59. The topological polar surface area (TPSA) is 32.3 Å².